The molecule has 0 bridgehead atoms. The molecule has 0 aliphatic heterocycles. The summed E-state index contributed by atoms with van der Waals surface area (Å²) in [6.45, 7) is 0. The van der Waals surface area contributed by atoms with Crippen LogP contribution >= 0.6 is 35.4 Å². The molecule has 0 aromatic heterocycles. The smallest absolute Gasteiger partial charge is 0.228 e. The Balaban J connectivity index is 2.04. The number of amides is 1. The number of rotatable bonds is 4. The molecule has 0 heterocycles. The van der Waals surface area contributed by atoms with Crippen LogP contribution in [0.4, 0.5) is 5.69 Å². The average Bonchev–Trinajstić information content (AvgIpc) is 2.44. The van der Waals surface area contributed by atoms with Crippen molar-refractivity contribution < 1.29 is 4.79 Å². The highest BCUT2D eigenvalue weighted by Gasteiger charge is 2.09. The number of nitrogens with two attached hydrogens (primary N) is 1. The van der Waals surface area contributed by atoms with Gasteiger partial charge in [0.05, 0.1) is 22.2 Å². The topological polar surface area (TPSA) is 55.1 Å². The average molecular weight is 339 g/mol. The molecule has 2 aromatic carbocycles. The second-order valence-electron chi connectivity index (χ2n) is 4.39. The molecule has 3 N–H and O–H groups in total. The largest absolute Gasteiger partial charge is 0.389 e. The monoisotopic (exact) mass is 338 g/mol. The molecule has 0 saturated carbocycles. The summed E-state index contributed by atoms with van der Waals surface area (Å²) >= 11 is 16.8. The molecule has 0 unspecified atom stereocenters. The SMILES string of the molecule is NC(=S)c1ccc(CC(=O)Nc2cccc(Cl)c2Cl)cc1. The van der Waals surface area contributed by atoms with Gasteiger partial charge in [0.1, 0.15) is 4.99 Å². The molecule has 0 aliphatic rings. The van der Waals surface area contributed by atoms with Crippen molar-refractivity contribution in [2.45, 2.75) is 6.42 Å². The van der Waals surface area contributed by atoms with E-state index in [1.807, 2.05) is 12.1 Å². The number of halogens is 2. The van der Waals surface area contributed by atoms with Crippen LogP contribution in [0.15, 0.2) is 42.5 Å². The van der Waals surface area contributed by atoms with Crippen molar-refractivity contribution in [3.8, 4) is 0 Å². The molecule has 0 saturated heterocycles. The lowest BCUT2D eigenvalue weighted by Gasteiger charge is -2.08. The van der Waals surface area contributed by atoms with Crippen LogP contribution in [-0.4, -0.2) is 10.9 Å². The maximum absolute atomic E-state index is 12.0. The summed E-state index contributed by atoms with van der Waals surface area (Å²) in [7, 11) is 0. The summed E-state index contributed by atoms with van der Waals surface area (Å²) in [6.07, 6.45) is 0.223. The first-order valence-corrected chi connectivity index (χ1v) is 7.26. The van der Waals surface area contributed by atoms with E-state index in [0.717, 1.165) is 11.1 Å². The normalized spacial score (nSPS) is 10.2. The van der Waals surface area contributed by atoms with Crippen LogP contribution in [0.2, 0.25) is 10.0 Å². The zero-order valence-corrected chi connectivity index (χ0v) is 13.2. The molecule has 3 nitrogen and oxygen atoms in total. The van der Waals surface area contributed by atoms with Crippen molar-refractivity contribution >= 4 is 52.0 Å². The molecular formula is C15H12Cl2N2OS. The van der Waals surface area contributed by atoms with E-state index in [0.29, 0.717) is 20.7 Å². The zero-order chi connectivity index (χ0) is 15.4. The summed E-state index contributed by atoms with van der Waals surface area (Å²) in [6, 6.07) is 12.3. The quantitative estimate of drug-likeness (QED) is 0.833. The van der Waals surface area contributed by atoms with Gasteiger partial charge in [0, 0.05) is 5.56 Å². The number of nitrogens with one attached hydrogen (secondary N) is 1. The molecule has 108 valence electrons. The second-order valence-corrected chi connectivity index (χ2v) is 5.61. The summed E-state index contributed by atoms with van der Waals surface area (Å²) in [4.78, 5) is 12.3. The van der Waals surface area contributed by atoms with Gasteiger partial charge in [-0.25, -0.2) is 0 Å². The maximum atomic E-state index is 12.0. The van der Waals surface area contributed by atoms with Crippen LogP contribution in [0.25, 0.3) is 0 Å². The molecule has 2 aromatic rings. The first-order chi connectivity index (χ1) is 9.97. The lowest BCUT2D eigenvalue weighted by molar-refractivity contribution is -0.115. The van der Waals surface area contributed by atoms with Crippen molar-refractivity contribution in [3.63, 3.8) is 0 Å². The first-order valence-electron chi connectivity index (χ1n) is 6.10. The fraction of sp³-hybridized carbons (Fsp3) is 0.0667. The Morgan fingerprint density at radius 1 is 1.14 bits per heavy atom. The standard InChI is InChI=1S/C15H12Cl2N2OS/c16-11-2-1-3-12(14(11)17)19-13(20)8-9-4-6-10(7-5-9)15(18)21/h1-7H,8H2,(H2,18,21)(H,19,20). The van der Waals surface area contributed by atoms with E-state index < -0.39 is 0 Å². The Bertz CT molecular complexity index is 687. The highest BCUT2D eigenvalue weighted by atomic mass is 35.5. The minimum absolute atomic E-state index is 0.178. The number of carbonyl (C=O) groups excluding carboxylic acids is 1. The van der Waals surface area contributed by atoms with Crippen molar-refractivity contribution in [3.05, 3.63) is 63.6 Å². The van der Waals surface area contributed by atoms with Crippen molar-refractivity contribution in [1.82, 2.24) is 0 Å². The molecule has 6 heteroatoms. The molecular weight excluding hydrogens is 327 g/mol. The molecule has 21 heavy (non-hydrogen) atoms. The molecule has 0 spiro atoms. The van der Waals surface area contributed by atoms with Crippen molar-refractivity contribution in [1.29, 1.82) is 0 Å². The molecule has 0 aliphatic carbocycles. The van der Waals surface area contributed by atoms with Crippen molar-refractivity contribution in [2.24, 2.45) is 5.73 Å². The summed E-state index contributed by atoms with van der Waals surface area (Å²) in [5.74, 6) is -0.178. The predicted molar refractivity (Wildman–Crippen MR) is 91.1 cm³/mol. The van der Waals surface area contributed by atoms with Gasteiger partial charge >= 0.3 is 0 Å². The van der Waals surface area contributed by atoms with Crippen molar-refractivity contribution in [2.75, 3.05) is 5.32 Å². The van der Waals surface area contributed by atoms with Crippen LogP contribution in [0.5, 0.6) is 0 Å². The number of carbonyl (C=O) groups is 1. The number of anilines is 1. The summed E-state index contributed by atoms with van der Waals surface area (Å²) < 4.78 is 0. The second kappa shape index (κ2) is 6.89. The number of hydrogen-bond donors (Lipinski definition) is 2. The van der Waals surface area contributed by atoms with Gasteiger partial charge < -0.3 is 11.1 Å². The fourth-order valence-electron chi connectivity index (χ4n) is 1.77. The molecule has 0 atom stereocenters. The minimum atomic E-state index is -0.178. The number of thiocarbonyl (C=S) groups is 1. The van der Waals surface area contributed by atoms with Crippen LogP contribution in [0.1, 0.15) is 11.1 Å². The number of hydrogen-bond acceptors (Lipinski definition) is 2. The third kappa shape index (κ3) is 4.17. The van der Waals surface area contributed by atoms with E-state index in [1.54, 1.807) is 30.3 Å². The summed E-state index contributed by atoms with van der Waals surface area (Å²) in [5.41, 5.74) is 7.64. The third-order valence-electron chi connectivity index (χ3n) is 2.83. The van der Waals surface area contributed by atoms with Crippen LogP contribution in [0, 0.1) is 0 Å². The zero-order valence-electron chi connectivity index (χ0n) is 10.9. The van der Waals surface area contributed by atoms with Gasteiger partial charge in [-0.05, 0) is 17.7 Å². The lowest BCUT2D eigenvalue weighted by Crippen LogP contribution is -2.15. The highest BCUT2D eigenvalue weighted by Crippen LogP contribution is 2.29. The van der Waals surface area contributed by atoms with Crippen LogP contribution < -0.4 is 11.1 Å². The molecule has 0 fully saturated rings. The van der Waals surface area contributed by atoms with Gasteiger partial charge in [-0.1, -0.05) is 65.8 Å². The Kier molecular flexibility index (Phi) is 5.17. The third-order valence-corrected chi connectivity index (χ3v) is 3.88. The van der Waals surface area contributed by atoms with E-state index >= 15 is 0 Å². The lowest BCUT2D eigenvalue weighted by atomic mass is 10.1. The first kappa shape index (κ1) is 15.8. The van der Waals surface area contributed by atoms with Gasteiger partial charge in [0.25, 0.3) is 0 Å². The molecule has 0 radical (unpaired) electrons. The van der Waals surface area contributed by atoms with E-state index in [1.165, 1.54) is 0 Å². The van der Waals surface area contributed by atoms with Gasteiger partial charge in [0.15, 0.2) is 0 Å². The Morgan fingerprint density at radius 3 is 2.43 bits per heavy atom. The van der Waals surface area contributed by atoms with Gasteiger partial charge in [-0.2, -0.15) is 0 Å². The summed E-state index contributed by atoms with van der Waals surface area (Å²) in [5, 5.41) is 3.46. The van der Waals surface area contributed by atoms with Gasteiger partial charge in [-0.3, -0.25) is 4.79 Å². The minimum Gasteiger partial charge on any atom is -0.389 e. The van der Waals surface area contributed by atoms with E-state index in [-0.39, 0.29) is 12.3 Å². The Hall–Kier alpha value is -1.62. The molecule has 1 amide bonds. The Labute approximate surface area is 138 Å². The van der Waals surface area contributed by atoms with E-state index in [9.17, 15) is 4.79 Å². The number of benzene rings is 2. The predicted octanol–water partition coefficient (Wildman–Crippen LogP) is 3.81. The van der Waals surface area contributed by atoms with Gasteiger partial charge in [0.2, 0.25) is 5.91 Å². The van der Waals surface area contributed by atoms with Gasteiger partial charge in [-0.15, -0.1) is 0 Å². The van der Waals surface area contributed by atoms with Crippen LogP contribution in [-0.2, 0) is 11.2 Å². The molecule has 2 rings (SSSR count). The van der Waals surface area contributed by atoms with E-state index in [4.69, 9.17) is 41.2 Å². The maximum Gasteiger partial charge on any atom is 0.228 e. The highest BCUT2D eigenvalue weighted by molar-refractivity contribution is 7.80. The van der Waals surface area contributed by atoms with Crippen LogP contribution in [0.3, 0.4) is 0 Å². The van der Waals surface area contributed by atoms with E-state index in [2.05, 4.69) is 5.32 Å². The fourth-order valence-corrected chi connectivity index (χ4v) is 2.25. The Morgan fingerprint density at radius 2 is 1.81 bits per heavy atom.